The summed E-state index contributed by atoms with van der Waals surface area (Å²) in [5, 5.41) is 2.81. The zero-order chi connectivity index (χ0) is 32.1. The van der Waals surface area contributed by atoms with Crippen molar-refractivity contribution in [1.29, 1.82) is 0 Å². The lowest BCUT2D eigenvalue weighted by molar-refractivity contribution is 0.498. The number of hydrogen-bond acceptors (Lipinski definition) is 0. The van der Waals surface area contributed by atoms with Gasteiger partial charge in [0, 0.05) is 5.41 Å². The van der Waals surface area contributed by atoms with E-state index >= 15 is 0 Å². The number of rotatable bonds is 3. The molecule has 0 nitrogen and oxygen atoms in total. The molecule has 47 heavy (non-hydrogen) atoms. The van der Waals surface area contributed by atoms with Crippen molar-refractivity contribution in [3.05, 3.63) is 155 Å². The second-order valence-electron chi connectivity index (χ2n) is 15.3. The van der Waals surface area contributed by atoms with E-state index in [1.807, 2.05) is 0 Å². The molecule has 0 bridgehead atoms. The Morgan fingerprint density at radius 3 is 1.89 bits per heavy atom. The summed E-state index contributed by atoms with van der Waals surface area (Å²) in [5.41, 5.74) is 20.8. The van der Waals surface area contributed by atoms with Gasteiger partial charge < -0.3 is 0 Å². The first kappa shape index (κ1) is 28.3. The molecule has 0 radical (unpaired) electrons. The Balaban J connectivity index is 1.02. The third kappa shape index (κ3) is 4.35. The molecule has 0 heterocycles. The molecule has 0 saturated heterocycles. The van der Waals surface area contributed by atoms with Gasteiger partial charge in [-0.2, -0.15) is 0 Å². The first-order valence-corrected chi connectivity index (χ1v) is 17.1. The van der Waals surface area contributed by atoms with Gasteiger partial charge >= 0.3 is 0 Å². The van der Waals surface area contributed by atoms with Crippen molar-refractivity contribution < 1.29 is 0 Å². The standard InChI is InChI=1S/C47H40/c1-46(2,3)37-26-35-19-18-33-20-23-38(41-25-22-36(27-37)44(35)45(33)41)32-16-14-30(15-17-32)29-10-12-31(13-11-29)34-21-24-40-39-8-6-7-9-42(39)47(4,5)43(40)28-34/h6-24,26,28H,25,27H2,1-5H3. The molecule has 0 heteroatoms. The number of hydrogen-bond donors (Lipinski definition) is 0. The second kappa shape index (κ2) is 10.0. The molecule has 0 N–H and O–H groups in total. The van der Waals surface area contributed by atoms with E-state index in [1.54, 1.807) is 0 Å². The van der Waals surface area contributed by atoms with E-state index in [2.05, 4.69) is 162 Å². The Morgan fingerprint density at radius 2 is 1.17 bits per heavy atom. The molecule has 3 aliphatic carbocycles. The molecule has 0 spiro atoms. The summed E-state index contributed by atoms with van der Waals surface area (Å²) in [5.74, 6) is 0. The maximum absolute atomic E-state index is 2.50. The molecule has 3 aliphatic rings. The van der Waals surface area contributed by atoms with E-state index < -0.39 is 0 Å². The van der Waals surface area contributed by atoms with Crippen molar-refractivity contribution in [2.75, 3.05) is 0 Å². The van der Waals surface area contributed by atoms with Gasteiger partial charge in [0.05, 0.1) is 0 Å². The van der Waals surface area contributed by atoms with Crippen molar-refractivity contribution in [3.8, 4) is 44.5 Å². The van der Waals surface area contributed by atoms with Crippen LogP contribution in [0.1, 0.15) is 68.9 Å². The molecule has 0 amide bonds. The molecule has 6 aromatic carbocycles. The Labute approximate surface area is 279 Å². The predicted molar refractivity (Wildman–Crippen MR) is 202 cm³/mol. The Bertz CT molecular complexity index is 2310. The lowest BCUT2D eigenvalue weighted by Crippen LogP contribution is -2.15. The highest BCUT2D eigenvalue weighted by atomic mass is 14.4. The van der Waals surface area contributed by atoms with E-state index in [4.69, 9.17) is 0 Å². The van der Waals surface area contributed by atoms with E-state index in [0.29, 0.717) is 0 Å². The van der Waals surface area contributed by atoms with E-state index in [-0.39, 0.29) is 10.8 Å². The summed E-state index contributed by atoms with van der Waals surface area (Å²) >= 11 is 0. The molecule has 0 unspecified atom stereocenters. The van der Waals surface area contributed by atoms with Gasteiger partial charge in [0.1, 0.15) is 0 Å². The predicted octanol–water partition coefficient (Wildman–Crippen LogP) is 12.9. The first-order valence-electron chi connectivity index (χ1n) is 17.1. The van der Waals surface area contributed by atoms with Crippen LogP contribution in [0.4, 0.5) is 0 Å². The molecular formula is C47H40. The second-order valence-corrected chi connectivity index (χ2v) is 15.3. The van der Waals surface area contributed by atoms with Crippen molar-refractivity contribution >= 4 is 22.4 Å². The van der Waals surface area contributed by atoms with Crippen LogP contribution < -0.4 is 0 Å². The fourth-order valence-corrected chi connectivity index (χ4v) is 8.45. The van der Waals surface area contributed by atoms with Crippen LogP contribution in [-0.4, -0.2) is 0 Å². The normalized spacial score (nSPS) is 15.6. The lowest BCUT2D eigenvalue weighted by Gasteiger charge is -2.32. The van der Waals surface area contributed by atoms with Crippen LogP contribution in [0.2, 0.25) is 0 Å². The minimum absolute atomic E-state index is 0.0118. The SMILES string of the molecule is CC(C)(C)C1=Cc2ccc3ccc(-c4ccc(-c5ccc(-c6ccc7c(c6)C(C)(C)c6ccccc6-7)cc5)cc4)c4c3c2C(=CC4)C1. The van der Waals surface area contributed by atoms with E-state index in [0.717, 1.165) is 12.8 Å². The third-order valence-electron chi connectivity index (χ3n) is 11.2. The molecule has 6 aromatic rings. The van der Waals surface area contributed by atoms with Crippen LogP contribution in [0.3, 0.4) is 0 Å². The highest BCUT2D eigenvalue weighted by Crippen LogP contribution is 2.50. The van der Waals surface area contributed by atoms with Crippen LogP contribution >= 0.6 is 0 Å². The number of benzene rings is 6. The van der Waals surface area contributed by atoms with Crippen LogP contribution in [0.25, 0.3) is 66.9 Å². The highest BCUT2D eigenvalue weighted by molar-refractivity contribution is 6.05. The maximum Gasteiger partial charge on any atom is 0.0159 e. The average molecular weight is 605 g/mol. The minimum atomic E-state index is 0.0118. The molecule has 228 valence electrons. The molecule has 0 aliphatic heterocycles. The topological polar surface area (TPSA) is 0 Å². The Morgan fingerprint density at radius 1 is 0.574 bits per heavy atom. The van der Waals surface area contributed by atoms with Crippen LogP contribution in [0.5, 0.6) is 0 Å². The summed E-state index contributed by atoms with van der Waals surface area (Å²) < 4.78 is 0. The summed E-state index contributed by atoms with van der Waals surface area (Å²) in [6.07, 6.45) is 7.01. The quantitative estimate of drug-likeness (QED) is 0.188. The fourth-order valence-electron chi connectivity index (χ4n) is 8.45. The van der Waals surface area contributed by atoms with Gasteiger partial charge in [0.15, 0.2) is 0 Å². The van der Waals surface area contributed by atoms with Crippen LogP contribution in [0, 0.1) is 5.41 Å². The van der Waals surface area contributed by atoms with Gasteiger partial charge in [-0.25, -0.2) is 0 Å². The van der Waals surface area contributed by atoms with E-state index in [9.17, 15) is 0 Å². The van der Waals surface area contributed by atoms with Gasteiger partial charge in [-0.3, -0.25) is 0 Å². The fraction of sp³-hybridized carbons (Fsp3) is 0.191. The molecule has 0 fully saturated rings. The first-order chi connectivity index (χ1) is 22.7. The number of allylic oxidation sites excluding steroid dienone is 3. The third-order valence-corrected chi connectivity index (χ3v) is 11.2. The van der Waals surface area contributed by atoms with Crippen molar-refractivity contribution in [3.63, 3.8) is 0 Å². The summed E-state index contributed by atoms with van der Waals surface area (Å²) in [4.78, 5) is 0. The Hall–Kier alpha value is -4.94. The minimum Gasteiger partial charge on any atom is -0.0759 e. The monoisotopic (exact) mass is 604 g/mol. The van der Waals surface area contributed by atoms with Crippen molar-refractivity contribution in [1.82, 2.24) is 0 Å². The van der Waals surface area contributed by atoms with Gasteiger partial charge in [0.25, 0.3) is 0 Å². The summed E-state index contributed by atoms with van der Waals surface area (Å²) in [7, 11) is 0. The van der Waals surface area contributed by atoms with Crippen molar-refractivity contribution in [2.24, 2.45) is 5.41 Å². The van der Waals surface area contributed by atoms with Gasteiger partial charge in [-0.1, -0.05) is 162 Å². The number of fused-ring (bicyclic) bond motifs is 3. The summed E-state index contributed by atoms with van der Waals surface area (Å²) in [6.45, 7) is 11.7. The zero-order valence-corrected chi connectivity index (χ0v) is 28.0. The zero-order valence-electron chi connectivity index (χ0n) is 28.0. The lowest BCUT2D eigenvalue weighted by atomic mass is 9.72. The van der Waals surface area contributed by atoms with Crippen molar-refractivity contribution in [2.45, 2.75) is 52.9 Å². The molecule has 9 rings (SSSR count). The average Bonchev–Trinajstić information content (AvgIpc) is 3.32. The Kier molecular flexibility index (Phi) is 6.04. The maximum atomic E-state index is 2.50. The van der Waals surface area contributed by atoms with Crippen LogP contribution in [-0.2, 0) is 11.8 Å². The van der Waals surface area contributed by atoms with E-state index in [1.165, 1.54) is 94.2 Å². The van der Waals surface area contributed by atoms with Gasteiger partial charge in [-0.05, 0) is 113 Å². The molecule has 0 saturated carbocycles. The largest absolute Gasteiger partial charge is 0.0759 e. The smallest absolute Gasteiger partial charge is 0.0159 e. The van der Waals surface area contributed by atoms with Gasteiger partial charge in [0.2, 0.25) is 0 Å². The highest BCUT2D eigenvalue weighted by Gasteiger charge is 2.35. The van der Waals surface area contributed by atoms with Crippen LogP contribution in [0.15, 0.2) is 127 Å². The molecular weight excluding hydrogens is 565 g/mol. The summed E-state index contributed by atoms with van der Waals surface area (Å²) in [6, 6.07) is 43.5. The molecule has 0 aromatic heterocycles. The molecule has 0 atom stereocenters. The van der Waals surface area contributed by atoms with Gasteiger partial charge in [-0.15, -0.1) is 0 Å².